The monoisotopic (exact) mass is 183 g/mol. The van der Waals surface area contributed by atoms with Crippen molar-refractivity contribution in [3.8, 4) is 0 Å². The van der Waals surface area contributed by atoms with Gasteiger partial charge in [-0.2, -0.15) is 0 Å². The summed E-state index contributed by atoms with van der Waals surface area (Å²) in [6.07, 6.45) is 2.64. The highest BCUT2D eigenvalue weighted by molar-refractivity contribution is 7.32. The second kappa shape index (κ2) is 12.6. The molecule has 0 bridgehead atoms. The molecule has 0 rings (SSSR count). The molecule has 68 valence electrons. The zero-order valence-corrected chi connectivity index (χ0v) is 7.88. The molecule has 1 unspecified atom stereocenters. The highest BCUT2D eigenvalue weighted by atomic mass is 31.1. The van der Waals surface area contributed by atoms with Crippen molar-refractivity contribution in [1.82, 2.24) is 0 Å². The summed E-state index contributed by atoms with van der Waals surface area (Å²) < 4.78 is 13.6. The van der Waals surface area contributed by atoms with Gasteiger partial charge in [-0.05, 0) is 0 Å². The Morgan fingerprint density at radius 2 is 1.82 bits per heavy atom. The van der Waals surface area contributed by atoms with Crippen molar-refractivity contribution in [2.45, 2.75) is 26.7 Å². The Morgan fingerprint density at radius 3 is 1.91 bits per heavy atom. The van der Waals surface area contributed by atoms with Crippen LogP contribution in [0.3, 0.4) is 0 Å². The Morgan fingerprint density at radius 1 is 1.36 bits per heavy atom. The van der Waals surface area contributed by atoms with Gasteiger partial charge in [0.05, 0.1) is 6.61 Å². The van der Waals surface area contributed by atoms with Crippen molar-refractivity contribution >= 4 is 8.25 Å². The van der Waals surface area contributed by atoms with Gasteiger partial charge in [0, 0.05) is 4.57 Å². The summed E-state index contributed by atoms with van der Waals surface area (Å²) in [5, 5.41) is 7.95. The van der Waals surface area contributed by atoms with Crippen molar-refractivity contribution < 1.29 is 19.1 Å². The molecular weight excluding hydrogens is 167 g/mol. The Hall–Kier alpha value is -0.0200. The summed E-state index contributed by atoms with van der Waals surface area (Å²) in [5.41, 5.74) is 0. The third kappa shape index (κ3) is 25.6. The average Bonchev–Trinajstić information content (AvgIpc) is 2.01. The SMILES string of the molecule is CCCC.O=[P+](O)OCCO. The molecule has 5 heteroatoms. The molecule has 0 aliphatic heterocycles. The van der Waals surface area contributed by atoms with Crippen LogP contribution >= 0.6 is 8.25 Å². The average molecular weight is 183 g/mol. The van der Waals surface area contributed by atoms with Gasteiger partial charge in [-0.1, -0.05) is 26.7 Å². The Labute approximate surface area is 68.1 Å². The fourth-order valence-electron chi connectivity index (χ4n) is 0.119. The maximum absolute atomic E-state index is 9.57. The maximum atomic E-state index is 9.57. The number of rotatable bonds is 4. The summed E-state index contributed by atoms with van der Waals surface area (Å²) in [5.74, 6) is 0. The van der Waals surface area contributed by atoms with E-state index in [1.54, 1.807) is 0 Å². The van der Waals surface area contributed by atoms with E-state index in [2.05, 4.69) is 18.4 Å². The summed E-state index contributed by atoms with van der Waals surface area (Å²) in [6, 6.07) is 0. The van der Waals surface area contributed by atoms with Gasteiger partial charge in [0.2, 0.25) is 0 Å². The zero-order valence-electron chi connectivity index (χ0n) is 6.99. The molecule has 0 radical (unpaired) electrons. The third-order valence-electron chi connectivity index (χ3n) is 0.793. The predicted molar refractivity (Wildman–Crippen MR) is 43.4 cm³/mol. The van der Waals surface area contributed by atoms with Gasteiger partial charge in [-0.15, -0.1) is 9.42 Å². The Balaban J connectivity index is 0. The van der Waals surface area contributed by atoms with Gasteiger partial charge in [0.25, 0.3) is 0 Å². The van der Waals surface area contributed by atoms with Crippen LogP contribution in [0.2, 0.25) is 0 Å². The minimum Gasteiger partial charge on any atom is -0.394 e. The lowest BCUT2D eigenvalue weighted by molar-refractivity contribution is 0.193. The lowest BCUT2D eigenvalue weighted by Crippen LogP contribution is -1.90. The van der Waals surface area contributed by atoms with Gasteiger partial charge in [-0.3, -0.25) is 0 Å². The fraction of sp³-hybridized carbons (Fsp3) is 1.00. The smallest absolute Gasteiger partial charge is 0.394 e. The second-order valence-corrected chi connectivity index (χ2v) is 2.53. The van der Waals surface area contributed by atoms with Crippen molar-refractivity contribution in [3.05, 3.63) is 0 Å². The van der Waals surface area contributed by atoms with E-state index in [-0.39, 0.29) is 13.2 Å². The number of aliphatic hydroxyl groups is 1. The van der Waals surface area contributed by atoms with E-state index in [1.165, 1.54) is 12.8 Å². The van der Waals surface area contributed by atoms with Crippen LogP contribution in [0.4, 0.5) is 0 Å². The lowest BCUT2D eigenvalue weighted by Gasteiger charge is -1.76. The largest absolute Gasteiger partial charge is 0.694 e. The van der Waals surface area contributed by atoms with Crippen LogP contribution in [0.5, 0.6) is 0 Å². The summed E-state index contributed by atoms with van der Waals surface area (Å²) in [4.78, 5) is 7.86. The molecular formula is C6H16O4P+. The lowest BCUT2D eigenvalue weighted by atomic mass is 10.4. The minimum absolute atomic E-state index is 0.0777. The molecule has 0 aromatic rings. The van der Waals surface area contributed by atoms with E-state index < -0.39 is 8.25 Å². The van der Waals surface area contributed by atoms with Crippen molar-refractivity contribution in [2.24, 2.45) is 0 Å². The molecule has 1 atom stereocenters. The standard InChI is InChI=1S/C4H10.C2H5O4P/c1-3-4-2;3-1-2-6-7(4)5/h3-4H2,1-2H3;3H,1-2H2/p+1. The fourth-order valence-corrected chi connectivity index (χ4v) is 0.357. The van der Waals surface area contributed by atoms with E-state index in [4.69, 9.17) is 10.00 Å². The highest BCUT2D eigenvalue weighted by Crippen LogP contribution is 2.12. The molecule has 0 spiro atoms. The number of hydrogen-bond donors (Lipinski definition) is 2. The van der Waals surface area contributed by atoms with E-state index in [0.717, 1.165) is 0 Å². The first-order valence-corrected chi connectivity index (χ1v) is 4.71. The Kier molecular flexibility index (Phi) is 15.6. The molecule has 0 amide bonds. The van der Waals surface area contributed by atoms with E-state index in [1.807, 2.05) is 0 Å². The van der Waals surface area contributed by atoms with Gasteiger partial charge in [0.15, 0.2) is 0 Å². The third-order valence-corrected chi connectivity index (χ3v) is 1.20. The highest BCUT2D eigenvalue weighted by Gasteiger charge is 2.08. The van der Waals surface area contributed by atoms with Crippen LogP contribution in [0.1, 0.15) is 26.7 Å². The maximum Gasteiger partial charge on any atom is 0.694 e. The van der Waals surface area contributed by atoms with Crippen LogP contribution in [-0.4, -0.2) is 23.2 Å². The zero-order chi connectivity index (χ0) is 9.11. The first-order chi connectivity index (χ1) is 5.18. The molecule has 11 heavy (non-hydrogen) atoms. The molecule has 0 aromatic heterocycles. The summed E-state index contributed by atoms with van der Waals surface area (Å²) in [7, 11) is -2.52. The van der Waals surface area contributed by atoms with Crippen LogP contribution in [-0.2, 0) is 9.09 Å². The first kappa shape index (κ1) is 13.6. The number of aliphatic hydroxyl groups excluding tert-OH is 1. The van der Waals surface area contributed by atoms with Gasteiger partial charge in [-0.25, -0.2) is 0 Å². The molecule has 0 saturated heterocycles. The van der Waals surface area contributed by atoms with Crippen LogP contribution in [0, 0.1) is 0 Å². The van der Waals surface area contributed by atoms with Crippen LogP contribution in [0.25, 0.3) is 0 Å². The molecule has 0 aromatic carbocycles. The predicted octanol–water partition coefficient (Wildman–Crippen LogP) is 1.45. The molecule has 0 aliphatic rings. The van der Waals surface area contributed by atoms with Gasteiger partial charge < -0.3 is 5.11 Å². The summed E-state index contributed by atoms with van der Waals surface area (Å²) >= 11 is 0. The first-order valence-electron chi connectivity index (χ1n) is 3.58. The Bertz CT molecular complexity index is 84.7. The van der Waals surface area contributed by atoms with Gasteiger partial charge >= 0.3 is 8.25 Å². The molecule has 0 aliphatic carbocycles. The minimum atomic E-state index is -2.52. The topological polar surface area (TPSA) is 66.8 Å². The molecule has 2 N–H and O–H groups in total. The number of unbranched alkanes of at least 4 members (excludes halogenated alkanes) is 1. The van der Waals surface area contributed by atoms with Gasteiger partial charge in [0.1, 0.15) is 6.61 Å². The molecule has 4 nitrogen and oxygen atoms in total. The van der Waals surface area contributed by atoms with E-state index >= 15 is 0 Å². The molecule has 0 saturated carbocycles. The van der Waals surface area contributed by atoms with Crippen molar-refractivity contribution in [2.75, 3.05) is 13.2 Å². The number of hydrogen-bond acceptors (Lipinski definition) is 3. The van der Waals surface area contributed by atoms with Crippen molar-refractivity contribution in [1.29, 1.82) is 0 Å². The van der Waals surface area contributed by atoms with E-state index in [9.17, 15) is 4.57 Å². The quantitative estimate of drug-likeness (QED) is 0.647. The van der Waals surface area contributed by atoms with Crippen molar-refractivity contribution in [3.63, 3.8) is 0 Å². The molecule has 0 fully saturated rings. The normalized spacial score (nSPS) is 10.0. The van der Waals surface area contributed by atoms with E-state index in [0.29, 0.717) is 0 Å². The summed E-state index contributed by atoms with van der Waals surface area (Å²) in [6.45, 7) is 4.06. The molecule has 0 heterocycles. The van der Waals surface area contributed by atoms with Crippen LogP contribution < -0.4 is 0 Å². The second-order valence-electron chi connectivity index (χ2n) is 1.79. The van der Waals surface area contributed by atoms with Crippen LogP contribution in [0.15, 0.2) is 0 Å².